The van der Waals surface area contributed by atoms with Crippen LogP contribution in [-0.2, 0) is 11.9 Å². The summed E-state index contributed by atoms with van der Waals surface area (Å²) in [6.45, 7) is 7.69. The molecule has 0 unspecified atom stereocenters. The fourth-order valence-electron chi connectivity index (χ4n) is 7.71. The number of aromatic nitrogens is 4. The number of halogens is 3. The van der Waals surface area contributed by atoms with Crippen molar-refractivity contribution in [2.45, 2.75) is 57.5 Å². The fourth-order valence-corrected chi connectivity index (χ4v) is 7.71. The third kappa shape index (κ3) is 6.60. The Labute approximate surface area is 291 Å². The normalized spacial score (nSPS) is 19.7. The molecule has 13 heteroatoms. The number of hydroxylamine groups is 1. The van der Waals surface area contributed by atoms with Gasteiger partial charge in [0.05, 0.1) is 31.6 Å². The monoisotopic (exact) mass is 690 g/mol. The van der Waals surface area contributed by atoms with E-state index in [-0.39, 0.29) is 17.7 Å². The summed E-state index contributed by atoms with van der Waals surface area (Å²) in [5.41, 5.74) is 3.84. The lowest BCUT2D eigenvalue weighted by Crippen LogP contribution is -2.53. The molecule has 4 aromatic rings. The van der Waals surface area contributed by atoms with Crippen LogP contribution in [0.2, 0.25) is 0 Å². The summed E-state index contributed by atoms with van der Waals surface area (Å²) in [6.07, 6.45) is 10.1. The van der Waals surface area contributed by atoms with E-state index in [1.165, 1.54) is 17.5 Å². The van der Waals surface area contributed by atoms with E-state index in [9.17, 15) is 13.2 Å². The quantitative estimate of drug-likeness (QED) is 0.196. The molecule has 1 spiro atoms. The number of aryl methyl sites for hydroxylation is 1. The van der Waals surface area contributed by atoms with Crippen molar-refractivity contribution < 1.29 is 22.7 Å². The Morgan fingerprint density at radius 1 is 1.04 bits per heavy atom. The van der Waals surface area contributed by atoms with E-state index < -0.39 is 23.2 Å². The maximum Gasteiger partial charge on any atom is 0.164 e. The highest BCUT2D eigenvalue weighted by Crippen LogP contribution is 2.47. The van der Waals surface area contributed by atoms with Crippen LogP contribution in [-0.4, -0.2) is 76.8 Å². The second-order valence-electron chi connectivity index (χ2n) is 14.4. The zero-order valence-corrected chi connectivity index (χ0v) is 29.1. The third-order valence-corrected chi connectivity index (χ3v) is 10.9. The number of hydrogen-bond donors (Lipinski definition) is 1. The zero-order chi connectivity index (χ0) is 35.0. The molecule has 10 nitrogen and oxygen atoms in total. The molecule has 0 amide bonds. The lowest BCUT2D eigenvalue weighted by atomic mass is 9.70. The molecule has 0 radical (unpaired) electrons. The molecule has 5 heterocycles. The Morgan fingerprint density at radius 3 is 2.50 bits per heavy atom. The number of alkyl halides is 1. The summed E-state index contributed by atoms with van der Waals surface area (Å²) < 4.78 is 50.3. The number of benzene rings is 2. The molecule has 0 bridgehead atoms. The van der Waals surface area contributed by atoms with Crippen LogP contribution in [0, 0.1) is 17.0 Å². The minimum Gasteiger partial charge on any atom is -0.494 e. The summed E-state index contributed by atoms with van der Waals surface area (Å²) in [6, 6.07) is 9.48. The number of likely N-dealkylation sites (tertiary alicyclic amines) is 1. The first-order valence-corrected chi connectivity index (χ1v) is 17.3. The molecule has 266 valence electrons. The lowest BCUT2D eigenvalue weighted by Gasteiger charge is -2.50. The number of piperidine rings is 2. The van der Waals surface area contributed by atoms with Crippen molar-refractivity contribution >= 4 is 23.0 Å². The molecule has 3 aliphatic heterocycles. The van der Waals surface area contributed by atoms with Gasteiger partial charge in [-0.3, -0.25) is 14.4 Å². The second-order valence-corrected chi connectivity index (χ2v) is 14.4. The molecule has 7 rings (SSSR count). The first-order valence-electron chi connectivity index (χ1n) is 17.3. The third-order valence-electron chi connectivity index (χ3n) is 10.9. The van der Waals surface area contributed by atoms with E-state index in [4.69, 9.17) is 9.57 Å². The van der Waals surface area contributed by atoms with Crippen LogP contribution >= 0.6 is 0 Å². The average molecular weight is 691 g/mol. The van der Waals surface area contributed by atoms with Crippen LogP contribution in [0.15, 0.2) is 55.1 Å². The maximum atomic E-state index is 14.8. The van der Waals surface area contributed by atoms with E-state index in [1.807, 2.05) is 33.3 Å². The molecular formula is C37H45F3N8O2. The Hall–Kier alpha value is -4.36. The number of hydrogen-bond acceptors (Lipinski definition) is 9. The molecule has 3 fully saturated rings. The van der Waals surface area contributed by atoms with Gasteiger partial charge in [0.2, 0.25) is 0 Å². The van der Waals surface area contributed by atoms with E-state index in [2.05, 4.69) is 42.3 Å². The number of anilines is 4. The van der Waals surface area contributed by atoms with E-state index in [0.717, 1.165) is 74.7 Å². The topological polar surface area (TPSA) is 83.8 Å². The predicted molar refractivity (Wildman–Crippen MR) is 187 cm³/mol. The van der Waals surface area contributed by atoms with Gasteiger partial charge in [-0.15, -0.1) is 0 Å². The standard InChI is InChI=1S/C37H45F3N8O2/c1-36(2,23-38)47-15-11-37(12-16-47)9-13-46(14-10-37)31-19-32(49-4)29(18-27(31)25-21-43-45(3)22-25)44-33-20-34(42-24-41-33)48-30(8-17-50-48)26-6-5-7-28(39)35(26)40/h5-7,18-22,24,30H,8-17,23H2,1-4H3,(H,41,42,44)/t30-/m1/s1. The van der Waals surface area contributed by atoms with Gasteiger partial charge in [0.15, 0.2) is 17.5 Å². The fraction of sp³-hybridized carbons (Fsp3) is 0.486. The minimum absolute atomic E-state index is 0.212. The highest BCUT2D eigenvalue weighted by atomic mass is 19.2. The maximum absolute atomic E-state index is 14.8. The molecule has 0 saturated carbocycles. The summed E-state index contributed by atoms with van der Waals surface area (Å²) in [5.74, 6) is -0.248. The average Bonchev–Trinajstić information content (AvgIpc) is 3.80. The van der Waals surface area contributed by atoms with Crippen LogP contribution in [0.1, 0.15) is 57.6 Å². The number of ether oxygens (including phenoxy) is 1. The van der Waals surface area contributed by atoms with Gasteiger partial charge in [-0.05, 0) is 70.2 Å². The first kappa shape index (κ1) is 34.1. The van der Waals surface area contributed by atoms with Crippen molar-refractivity contribution in [3.05, 3.63) is 72.3 Å². The number of nitrogens with one attached hydrogen (secondary N) is 1. The van der Waals surface area contributed by atoms with Gasteiger partial charge in [-0.2, -0.15) is 5.10 Å². The first-order chi connectivity index (χ1) is 24.1. The van der Waals surface area contributed by atoms with Crippen molar-refractivity contribution in [1.82, 2.24) is 24.6 Å². The molecule has 50 heavy (non-hydrogen) atoms. The predicted octanol–water partition coefficient (Wildman–Crippen LogP) is 7.22. The Kier molecular flexibility index (Phi) is 9.38. The van der Waals surface area contributed by atoms with Crippen LogP contribution < -0.4 is 20.0 Å². The molecule has 2 aromatic carbocycles. The van der Waals surface area contributed by atoms with Crippen LogP contribution in [0.4, 0.5) is 36.2 Å². The van der Waals surface area contributed by atoms with Gasteiger partial charge in [-0.25, -0.2) is 28.2 Å². The van der Waals surface area contributed by atoms with Crippen molar-refractivity contribution in [2.75, 3.05) is 61.9 Å². The summed E-state index contributed by atoms with van der Waals surface area (Å²) >= 11 is 0. The van der Waals surface area contributed by atoms with Gasteiger partial charge in [0, 0.05) is 72.8 Å². The van der Waals surface area contributed by atoms with E-state index in [0.29, 0.717) is 36.1 Å². The van der Waals surface area contributed by atoms with E-state index >= 15 is 0 Å². The Morgan fingerprint density at radius 2 is 1.80 bits per heavy atom. The highest BCUT2D eigenvalue weighted by molar-refractivity contribution is 5.85. The van der Waals surface area contributed by atoms with E-state index in [1.54, 1.807) is 23.9 Å². The Bertz CT molecular complexity index is 1820. The van der Waals surface area contributed by atoms with Crippen LogP contribution in [0.5, 0.6) is 5.75 Å². The molecule has 3 aliphatic rings. The molecule has 1 atom stereocenters. The van der Waals surface area contributed by atoms with Crippen molar-refractivity contribution in [1.29, 1.82) is 0 Å². The van der Waals surface area contributed by atoms with Gasteiger partial charge < -0.3 is 15.0 Å². The second kappa shape index (κ2) is 13.7. The van der Waals surface area contributed by atoms with Crippen LogP contribution in [0.25, 0.3) is 11.1 Å². The van der Waals surface area contributed by atoms with Crippen molar-refractivity contribution in [3.63, 3.8) is 0 Å². The van der Waals surface area contributed by atoms with Gasteiger partial charge in [0.1, 0.15) is 24.6 Å². The van der Waals surface area contributed by atoms with Crippen LogP contribution in [0.3, 0.4) is 0 Å². The number of rotatable bonds is 9. The smallest absolute Gasteiger partial charge is 0.164 e. The van der Waals surface area contributed by atoms with Crippen molar-refractivity contribution in [3.8, 4) is 16.9 Å². The van der Waals surface area contributed by atoms with Gasteiger partial charge in [-0.1, -0.05) is 12.1 Å². The highest BCUT2D eigenvalue weighted by Gasteiger charge is 2.41. The van der Waals surface area contributed by atoms with Gasteiger partial charge in [0.25, 0.3) is 0 Å². The van der Waals surface area contributed by atoms with Crippen molar-refractivity contribution in [2.24, 2.45) is 12.5 Å². The molecule has 2 aromatic heterocycles. The SMILES string of the molecule is COc1cc(N2CCC3(CC2)CCN(C(C)(C)CF)CC3)c(-c2cnn(C)c2)cc1Nc1cc(N2OCC[C@@H]2c2cccc(F)c2F)ncn1. The zero-order valence-electron chi connectivity index (χ0n) is 29.1. The largest absolute Gasteiger partial charge is 0.494 e. The minimum atomic E-state index is -0.900. The molecular weight excluding hydrogens is 645 g/mol. The molecule has 3 saturated heterocycles. The molecule has 0 aliphatic carbocycles. The summed E-state index contributed by atoms with van der Waals surface area (Å²) in [7, 11) is 3.55. The summed E-state index contributed by atoms with van der Waals surface area (Å²) in [5, 5.41) is 9.38. The summed E-state index contributed by atoms with van der Waals surface area (Å²) in [4.78, 5) is 19.5. The van der Waals surface area contributed by atoms with Gasteiger partial charge >= 0.3 is 0 Å². The lowest BCUT2D eigenvalue weighted by molar-refractivity contribution is 0.0112. The molecule has 1 N–H and O–H groups in total. The number of nitrogens with zero attached hydrogens (tertiary/aromatic N) is 7. The number of methoxy groups -OCH3 is 1. The Balaban J connectivity index is 1.14.